The molecule has 0 saturated heterocycles. The van der Waals surface area contributed by atoms with E-state index in [0.717, 1.165) is 0 Å². The van der Waals surface area contributed by atoms with Crippen molar-refractivity contribution < 1.29 is 85.1 Å². The highest BCUT2D eigenvalue weighted by Crippen LogP contribution is 2.40. The molecule has 0 aliphatic rings. The summed E-state index contributed by atoms with van der Waals surface area (Å²) in [6.45, 7) is -0.391. The van der Waals surface area contributed by atoms with Crippen molar-refractivity contribution in [3.63, 3.8) is 0 Å². The summed E-state index contributed by atoms with van der Waals surface area (Å²) in [6, 6.07) is 0. The predicted molar refractivity (Wildman–Crippen MR) is 78.7 cm³/mol. The number of esters is 2. The lowest BCUT2D eigenvalue weighted by Crippen LogP contribution is -2.60. The third kappa shape index (κ3) is 7.66. The summed E-state index contributed by atoms with van der Waals surface area (Å²) in [7, 11) is -6.30. The molecule has 0 saturated carbocycles. The van der Waals surface area contributed by atoms with E-state index in [1.165, 1.54) is 0 Å². The molecule has 0 spiro atoms. The van der Waals surface area contributed by atoms with E-state index in [1.54, 1.807) is 0 Å². The zero-order valence-electron chi connectivity index (χ0n) is 15.6. The monoisotopic (exact) mass is 536 g/mol. The van der Waals surface area contributed by atoms with E-state index in [1.807, 2.05) is 6.58 Å². The van der Waals surface area contributed by atoms with Crippen LogP contribution in [0.15, 0.2) is 12.2 Å². The lowest BCUT2D eigenvalue weighted by molar-refractivity contribution is -0.360. The fraction of sp³-hybridized carbons (Fsp3) is 0.692. The predicted octanol–water partition coefficient (Wildman–Crippen LogP) is 3.29. The van der Waals surface area contributed by atoms with Crippen LogP contribution in [0.3, 0.4) is 0 Å². The lowest BCUT2D eigenvalue weighted by atomic mass is 10.2. The molecule has 0 aliphatic heterocycles. The molecule has 0 aromatic carbocycles. The minimum absolute atomic E-state index is 0.0675. The Morgan fingerprint density at radius 3 is 1.76 bits per heavy atom. The number of halogens is 11. The number of alkyl halides is 11. The third-order valence-electron chi connectivity index (χ3n) is 3.29. The van der Waals surface area contributed by atoms with Gasteiger partial charge in [0.15, 0.2) is 6.10 Å². The van der Waals surface area contributed by atoms with Crippen molar-refractivity contribution in [1.29, 1.82) is 0 Å². The highest BCUT2D eigenvalue weighted by atomic mass is 32.2. The quantitative estimate of drug-likeness (QED) is 0.157. The Balaban J connectivity index is 6.36. The van der Waals surface area contributed by atoms with Crippen LogP contribution in [0.5, 0.6) is 0 Å². The number of carbonyl (C=O) groups excluding carboxylic acids is 2. The van der Waals surface area contributed by atoms with Crippen LogP contribution in [0.25, 0.3) is 0 Å². The number of hydrogen-bond acceptors (Lipinski definition) is 7. The first-order valence-corrected chi connectivity index (χ1v) is 9.06. The Kier molecular flexibility index (Phi) is 8.92. The molecule has 2 atom stereocenters. The minimum Gasteiger partial charge on any atom is -0.448 e. The van der Waals surface area contributed by atoms with Gasteiger partial charge in [-0.15, -0.1) is 0 Å². The summed E-state index contributed by atoms with van der Waals surface area (Å²) in [5.41, 5.74) is -2.74. The van der Waals surface area contributed by atoms with Crippen LogP contribution in [-0.2, 0) is 33.9 Å². The summed E-state index contributed by atoms with van der Waals surface area (Å²) < 4.78 is 181. The van der Waals surface area contributed by atoms with Crippen molar-refractivity contribution in [1.82, 2.24) is 0 Å². The summed E-state index contributed by atoms with van der Waals surface area (Å²) in [4.78, 5) is 23.2. The molecule has 1 N–H and O–H groups in total. The van der Waals surface area contributed by atoms with Crippen molar-refractivity contribution in [2.75, 3.05) is 6.61 Å². The van der Waals surface area contributed by atoms with Gasteiger partial charge < -0.3 is 14.2 Å². The second-order valence-electron chi connectivity index (χ2n) is 5.78. The highest BCUT2D eigenvalue weighted by molar-refractivity contribution is 7.86. The van der Waals surface area contributed by atoms with Gasteiger partial charge in [-0.1, -0.05) is 6.58 Å². The Morgan fingerprint density at radius 1 is 0.970 bits per heavy atom. The number of carbonyl (C=O) groups is 2. The maximum atomic E-state index is 13.5. The van der Waals surface area contributed by atoms with Gasteiger partial charge in [0.1, 0.15) is 5.57 Å². The largest absolute Gasteiger partial charge is 0.468 e. The maximum Gasteiger partial charge on any atom is 0.468 e. The van der Waals surface area contributed by atoms with Gasteiger partial charge in [-0.2, -0.15) is 56.7 Å². The van der Waals surface area contributed by atoms with Crippen molar-refractivity contribution in [3.8, 4) is 0 Å². The molecule has 2 unspecified atom stereocenters. The summed E-state index contributed by atoms with van der Waals surface area (Å²) in [5, 5.41) is -5.27. The van der Waals surface area contributed by atoms with E-state index < -0.39 is 76.3 Å². The molecule has 33 heavy (non-hydrogen) atoms. The lowest BCUT2D eigenvalue weighted by Gasteiger charge is -2.33. The zero-order chi connectivity index (χ0) is 26.8. The Labute approximate surface area is 176 Å². The highest BCUT2D eigenvalue weighted by Gasteiger charge is 2.69. The van der Waals surface area contributed by atoms with Crippen molar-refractivity contribution in [2.24, 2.45) is 0 Å². The van der Waals surface area contributed by atoms with Crippen LogP contribution < -0.4 is 0 Å². The van der Waals surface area contributed by atoms with Gasteiger partial charge in [0, 0.05) is 0 Å². The van der Waals surface area contributed by atoms with Gasteiger partial charge in [0.05, 0.1) is 13.0 Å². The molecule has 0 rings (SSSR count). The van der Waals surface area contributed by atoms with E-state index in [-0.39, 0.29) is 6.92 Å². The normalized spacial score (nSPS) is 16.5. The smallest absolute Gasteiger partial charge is 0.448 e. The Morgan fingerprint density at radius 2 is 1.42 bits per heavy atom. The molecule has 0 amide bonds. The molecule has 0 radical (unpaired) electrons. The Hall–Kier alpha value is -2.22. The van der Waals surface area contributed by atoms with Crippen LogP contribution in [-0.4, -0.2) is 67.2 Å². The van der Waals surface area contributed by atoms with E-state index >= 15 is 0 Å². The first-order valence-electron chi connectivity index (χ1n) is 7.62. The molecular formula is C13H11F11O8S. The molecule has 0 aromatic rings. The first kappa shape index (κ1) is 30.8. The summed E-state index contributed by atoms with van der Waals surface area (Å²) in [5.74, 6) is -12.0. The molecule has 194 valence electrons. The zero-order valence-corrected chi connectivity index (χ0v) is 16.4. The van der Waals surface area contributed by atoms with Crippen LogP contribution >= 0.6 is 0 Å². The number of rotatable bonds is 9. The van der Waals surface area contributed by atoms with Crippen LogP contribution in [0.2, 0.25) is 0 Å². The second kappa shape index (κ2) is 9.57. The van der Waals surface area contributed by atoms with E-state index in [9.17, 15) is 66.3 Å². The molecule has 20 heteroatoms. The van der Waals surface area contributed by atoms with Crippen LogP contribution in [0, 0.1) is 0 Å². The number of hydrogen-bond donors (Lipinski definition) is 1. The standard InChI is InChI=1S/C13H11F11O8S/c1-5(11(16,17)18)7(25)32-10(13(22,23)24,8(26)31-6(2)12(19,20)21)30-4-3-9(14,15)33(27,28)29/h6H,1,3-4H2,2H3,(H,27,28,29). The maximum absolute atomic E-state index is 13.5. The molecule has 0 aliphatic carbocycles. The SMILES string of the molecule is C=C(C(=O)OC(OCCC(F)(F)S(=O)(=O)O)(C(=O)OC(C)C(F)(F)F)C(F)(F)F)C(F)(F)F. The van der Waals surface area contributed by atoms with Crippen molar-refractivity contribution in [3.05, 3.63) is 12.2 Å². The molecular weight excluding hydrogens is 525 g/mol. The molecule has 0 heterocycles. The van der Waals surface area contributed by atoms with E-state index in [4.69, 9.17) is 4.55 Å². The molecule has 0 aromatic heterocycles. The first-order chi connectivity index (χ1) is 14.3. The van der Waals surface area contributed by atoms with E-state index in [0.29, 0.717) is 0 Å². The fourth-order valence-corrected chi connectivity index (χ4v) is 1.78. The van der Waals surface area contributed by atoms with Crippen LogP contribution in [0.1, 0.15) is 13.3 Å². The average Bonchev–Trinajstić information content (AvgIpc) is 2.55. The third-order valence-corrected chi connectivity index (χ3v) is 4.25. The van der Waals surface area contributed by atoms with Gasteiger partial charge in [0.2, 0.25) is 0 Å². The average molecular weight is 536 g/mol. The molecule has 0 bridgehead atoms. The van der Waals surface area contributed by atoms with E-state index in [2.05, 4.69) is 14.2 Å². The van der Waals surface area contributed by atoms with Gasteiger partial charge in [-0.25, -0.2) is 9.59 Å². The topological polar surface area (TPSA) is 116 Å². The Bertz CT molecular complexity index is 859. The van der Waals surface area contributed by atoms with Crippen LogP contribution in [0.4, 0.5) is 48.3 Å². The van der Waals surface area contributed by atoms with Gasteiger partial charge in [-0.05, 0) is 6.92 Å². The van der Waals surface area contributed by atoms with Gasteiger partial charge in [0.25, 0.3) is 0 Å². The molecule has 8 nitrogen and oxygen atoms in total. The van der Waals surface area contributed by atoms with Gasteiger partial charge >= 0.3 is 51.6 Å². The number of ether oxygens (including phenoxy) is 3. The summed E-state index contributed by atoms with van der Waals surface area (Å²) in [6.07, 6.45) is -23.8. The van der Waals surface area contributed by atoms with Crippen molar-refractivity contribution >= 4 is 22.1 Å². The fourth-order valence-electron chi connectivity index (χ4n) is 1.44. The van der Waals surface area contributed by atoms with Gasteiger partial charge in [-0.3, -0.25) is 4.55 Å². The second-order valence-corrected chi connectivity index (χ2v) is 7.33. The molecule has 0 fully saturated rings. The minimum atomic E-state index is -6.58. The summed E-state index contributed by atoms with van der Waals surface area (Å²) >= 11 is 0. The van der Waals surface area contributed by atoms with Crippen molar-refractivity contribution in [2.45, 2.75) is 49.0 Å².